The van der Waals surface area contributed by atoms with Crippen LogP contribution in [-0.4, -0.2) is 10.8 Å². The fourth-order valence-corrected chi connectivity index (χ4v) is 2.31. The van der Waals surface area contributed by atoms with E-state index in [4.69, 9.17) is 23.2 Å². The van der Waals surface area contributed by atoms with Crippen LogP contribution >= 0.6 is 23.2 Å². The molecule has 0 aliphatic rings. The van der Waals surface area contributed by atoms with E-state index >= 15 is 0 Å². The lowest BCUT2D eigenvalue weighted by Gasteiger charge is -2.15. The second-order valence-electron chi connectivity index (χ2n) is 4.31. The average Bonchev–Trinajstić information content (AvgIpc) is 2.15. The number of rotatable bonds is 8. The van der Waals surface area contributed by atoms with Gasteiger partial charge in [-0.15, -0.1) is 23.2 Å². The van der Waals surface area contributed by atoms with Crippen LogP contribution in [0.4, 0.5) is 0 Å². The standard InChI is InChI=1S/C12H24Cl2/c1-4-6-10(3)7-8-12(14)9-11(13)5-2/h10-12H,4-9H2,1-3H3. The van der Waals surface area contributed by atoms with Crippen molar-refractivity contribution in [1.29, 1.82) is 0 Å². The summed E-state index contributed by atoms with van der Waals surface area (Å²) < 4.78 is 0. The minimum atomic E-state index is 0.263. The van der Waals surface area contributed by atoms with Gasteiger partial charge < -0.3 is 0 Å². The highest BCUT2D eigenvalue weighted by molar-refractivity contribution is 6.23. The van der Waals surface area contributed by atoms with Crippen LogP contribution < -0.4 is 0 Å². The van der Waals surface area contributed by atoms with Gasteiger partial charge in [0.1, 0.15) is 0 Å². The lowest BCUT2D eigenvalue weighted by atomic mass is 9.98. The minimum absolute atomic E-state index is 0.263. The second-order valence-corrected chi connectivity index (χ2v) is 5.54. The molecule has 0 bridgehead atoms. The Morgan fingerprint density at radius 3 is 2.07 bits per heavy atom. The molecule has 0 aromatic carbocycles. The van der Waals surface area contributed by atoms with Gasteiger partial charge in [-0.05, 0) is 31.6 Å². The zero-order valence-corrected chi connectivity index (χ0v) is 11.2. The van der Waals surface area contributed by atoms with Gasteiger partial charge >= 0.3 is 0 Å². The van der Waals surface area contributed by atoms with E-state index in [0.29, 0.717) is 0 Å². The minimum Gasteiger partial charge on any atom is -0.123 e. The van der Waals surface area contributed by atoms with E-state index in [1.807, 2.05) is 0 Å². The quantitative estimate of drug-likeness (QED) is 0.509. The highest BCUT2D eigenvalue weighted by Crippen LogP contribution is 2.21. The zero-order valence-electron chi connectivity index (χ0n) is 9.73. The van der Waals surface area contributed by atoms with E-state index in [1.165, 1.54) is 19.3 Å². The van der Waals surface area contributed by atoms with Gasteiger partial charge in [0, 0.05) is 10.8 Å². The first kappa shape index (κ1) is 14.6. The topological polar surface area (TPSA) is 0 Å². The van der Waals surface area contributed by atoms with Crippen LogP contribution in [0.25, 0.3) is 0 Å². The Balaban J connectivity index is 3.47. The summed E-state index contributed by atoms with van der Waals surface area (Å²) >= 11 is 12.3. The maximum absolute atomic E-state index is 6.21. The van der Waals surface area contributed by atoms with Crippen molar-refractivity contribution in [2.45, 2.75) is 70.1 Å². The molecule has 0 aromatic heterocycles. The van der Waals surface area contributed by atoms with Crippen molar-refractivity contribution in [2.24, 2.45) is 5.92 Å². The lowest BCUT2D eigenvalue weighted by Crippen LogP contribution is -2.09. The second kappa shape index (κ2) is 8.85. The van der Waals surface area contributed by atoms with Gasteiger partial charge in [0.25, 0.3) is 0 Å². The van der Waals surface area contributed by atoms with Crippen molar-refractivity contribution in [3.8, 4) is 0 Å². The van der Waals surface area contributed by atoms with Crippen LogP contribution in [0.5, 0.6) is 0 Å². The largest absolute Gasteiger partial charge is 0.123 e. The van der Waals surface area contributed by atoms with E-state index in [2.05, 4.69) is 20.8 Å². The molecule has 86 valence electrons. The first-order valence-electron chi connectivity index (χ1n) is 5.88. The van der Waals surface area contributed by atoms with Crippen LogP contribution in [0.1, 0.15) is 59.3 Å². The van der Waals surface area contributed by atoms with E-state index in [-0.39, 0.29) is 10.8 Å². The van der Waals surface area contributed by atoms with Crippen molar-refractivity contribution in [3.05, 3.63) is 0 Å². The molecule has 0 spiro atoms. The van der Waals surface area contributed by atoms with Crippen LogP contribution in [-0.2, 0) is 0 Å². The molecule has 0 radical (unpaired) electrons. The molecule has 0 fully saturated rings. The molecule has 0 aliphatic carbocycles. The Labute approximate surface area is 99.4 Å². The SMILES string of the molecule is CCCC(C)CCC(Cl)CC(Cl)CC. The highest BCUT2D eigenvalue weighted by atomic mass is 35.5. The van der Waals surface area contributed by atoms with Gasteiger partial charge in [0.05, 0.1) is 0 Å². The Bertz CT molecular complexity index is 125. The summed E-state index contributed by atoms with van der Waals surface area (Å²) in [5.74, 6) is 0.816. The van der Waals surface area contributed by atoms with Crippen molar-refractivity contribution in [2.75, 3.05) is 0 Å². The third kappa shape index (κ3) is 7.94. The summed E-state index contributed by atoms with van der Waals surface area (Å²) in [5, 5.41) is 0.538. The molecule has 0 rings (SSSR count). The first-order chi connectivity index (χ1) is 6.60. The summed E-state index contributed by atoms with van der Waals surface area (Å²) in [6, 6.07) is 0. The Kier molecular flexibility index (Phi) is 9.22. The molecule has 0 saturated carbocycles. The summed E-state index contributed by atoms with van der Waals surface area (Å²) in [5.41, 5.74) is 0. The van der Waals surface area contributed by atoms with E-state index < -0.39 is 0 Å². The Morgan fingerprint density at radius 1 is 0.929 bits per heavy atom. The van der Waals surface area contributed by atoms with Crippen LogP contribution in [0.3, 0.4) is 0 Å². The molecule has 0 heterocycles. The van der Waals surface area contributed by atoms with Gasteiger partial charge in [0.2, 0.25) is 0 Å². The van der Waals surface area contributed by atoms with Gasteiger partial charge in [-0.2, -0.15) is 0 Å². The van der Waals surface area contributed by atoms with Crippen LogP contribution in [0.15, 0.2) is 0 Å². The summed E-state index contributed by atoms with van der Waals surface area (Å²) in [7, 11) is 0. The Hall–Kier alpha value is 0.580. The van der Waals surface area contributed by atoms with Crippen molar-refractivity contribution < 1.29 is 0 Å². The summed E-state index contributed by atoms with van der Waals surface area (Å²) in [6.45, 7) is 6.66. The zero-order chi connectivity index (χ0) is 11.0. The van der Waals surface area contributed by atoms with E-state index in [0.717, 1.165) is 25.2 Å². The maximum Gasteiger partial charge on any atom is 0.0350 e. The lowest BCUT2D eigenvalue weighted by molar-refractivity contribution is 0.456. The predicted octanol–water partition coefficient (Wildman–Crippen LogP) is 5.22. The summed E-state index contributed by atoms with van der Waals surface area (Å²) in [6.07, 6.45) is 6.94. The number of hydrogen-bond acceptors (Lipinski definition) is 0. The van der Waals surface area contributed by atoms with Crippen molar-refractivity contribution in [3.63, 3.8) is 0 Å². The normalized spacial score (nSPS) is 17.8. The Morgan fingerprint density at radius 2 is 1.57 bits per heavy atom. The van der Waals surface area contributed by atoms with Crippen molar-refractivity contribution >= 4 is 23.2 Å². The van der Waals surface area contributed by atoms with Gasteiger partial charge in [0.15, 0.2) is 0 Å². The molecular weight excluding hydrogens is 215 g/mol. The molecule has 14 heavy (non-hydrogen) atoms. The number of hydrogen-bond donors (Lipinski definition) is 0. The van der Waals surface area contributed by atoms with Gasteiger partial charge in [-0.1, -0.05) is 33.6 Å². The summed E-state index contributed by atoms with van der Waals surface area (Å²) in [4.78, 5) is 0. The predicted molar refractivity (Wildman–Crippen MR) is 67.5 cm³/mol. The van der Waals surface area contributed by atoms with E-state index in [1.54, 1.807) is 0 Å². The number of halogens is 2. The first-order valence-corrected chi connectivity index (χ1v) is 6.75. The maximum atomic E-state index is 6.21. The van der Waals surface area contributed by atoms with Crippen molar-refractivity contribution in [1.82, 2.24) is 0 Å². The van der Waals surface area contributed by atoms with Gasteiger partial charge in [-0.3, -0.25) is 0 Å². The molecule has 0 N–H and O–H groups in total. The molecular formula is C12H24Cl2. The molecule has 0 aromatic rings. The monoisotopic (exact) mass is 238 g/mol. The fourth-order valence-electron chi connectivity index (χ4n) is 1.66. The highest BCUT2D eigenvalue weighted by Gasteiger charge is 2.12. The molecule has 0 nitrogen and oxygen atoms in total. The third-order valence-corrected chi connectivity index (χ3v) is 3.59. The average molecular weight is 239 g/mol. The molecule has 3 atom stereocenters. The molecule has 3 unspecified atom stereocenters. The fraction of sp³-hybridized carbons (Fsp3) is 1.00. The third-order valence-electron chi connectivity index (χ3n) is 2.71. The molecule has 0 aliphatic heterocycles. The molecule has 0 amide bonds. The number of alkyl halides is 2. The van der Waals surface area contributed by atoms with Crippen LogP contribution in [0, 0.1) is 5.92 Å². The smallest absolute Gasteiger partial charge is 0.0350 e. The van der Waals surface area contributed by atoms with E-state index in [9.17, 15) is 0 Å². The molecule has 0 saturated heterocycles. The van der Waals surface area contributed by atoms with Crippen LogP contribution in [0.2, 0.25) is 0 Å². The van der Waals surface area contributed by atoms with Gasteiger partial charge in [-0.25, -0.2) is 0 Å². The molecule has 2 heteroatoms.